The van der Waals surface area contributed by atoms with Gasteiger partial charge in [-0.25, -0.2) is 4.79 Å². The van der Waals surface area contributed by atoms with E-state index >= 15 is 0 Å². The van der Waals surface area contributed by atoms with Crippen molar-refractivity contribution < 1.29 is 14.7 Å². The zero-order valence-electron chi connectivity index (χ0n) is 9.34. The number of carboxylic acid groups (broad SMARTS) is 1. The van der Waals surface area contributed by atoms with Crippen LogP contribution >= 0.6 is 11.8 Å². The molecule has 4 nitrogen and oxygen atoms in total. The number of nitrogens with two attached hydrogens (primary N) is 1. The van der Waals surface area contributed by atoms with Gasteiger partial charge in [-0.3, -0.25) is 4.79 Å². The number of carboxylic acids is 1. The molecule has 5 heteroatoms. The van der Waals surface area contributed by atoms with E-state index in [-0.39, 0.29) is 16.4 Å². The number of benzene rings is 1. The molecule has 0 atom stereocenters. The molecule has 0 amide bonds. The van der Waals surface area contributed by atoms with Gasteiger partial charge >= 0.3 is 5.97 Å². The Kier molecular flexibility index (Phi) is 4.78. The Labute approximate surface area is 104 Å². The smallest absolute Gasteiger partial charge is 0.337 e. The summed E-state index contributed by atoms with van der Waals surface area (Å²) in [5.74, 6) is -0.444. The quantitative estimate of drug-likeness (QED) is 0.802. The molecule has 0 aromatic heterocycles. The first-order chi connectivity index (χ1) is 8.00. The van der Waals surface area contributed by atoms with E-state index in [0.717, 1.165) is 5.56 Å². The highest BCUT2D eigenvalue weighted by atomic mass is 32.2. The first-order valence-corrected chi connectivity index (χ1v) is 5.92. The Hall–Kier alpha value is -1.75. The van der Waals surface area contributed by atoms with E-state index < -0.39 is 5.97 Å². The minimum Gasteiger partial charge on any atom is -0.478 e. The molecule has 1 aromatic rings. The van der Waals surface area contributed by atoms with Crippen molar-refractivity contribution in [3.05, 3.63) is 35.4 Å². The maximum Gasteiger partial charge on any atom is 0.337 e. The average molecular weight is 251 g/mol. The maximum absolute atomic E-state index is 10.7. The van der Waals surface area contributed by atoms with Crippen LogP contribution in [0.3, 0.4) is 0 Å². The van der Waals surface area contributed by atoms with Crippen LogP contribution < -0.4 is 5.73 Å². The van der Waals surface area contributed by atoms with Gasteiger partial charge in [0.05, 0.1) is 5.56 Å². The Morgan fingerprint density at radius 3 is 2.71 bits per heavy atom. The van der Waals surface area contributed by atoms with Crippen LogP contribution in [-0.2, 0) is 4.79 Å². The summed E-state index contributed by atoms with van der Waals surface area (Å²) in [5, 5.41) is 8.86. The van der Waals surface area contributed by atoms with Gasteiger partial charge in [-0.2, -0.15) is 0 Å². The van der Waals surface area contributed by atoms with Crippen molar-refractivity contribution in [2.24, 2.45) is 0 Å². The molecule has 0 aliphatic rings. The number of carbonyl (C=O) groups is 2. The minimum atomic E-state index is -1.04. The SMILES string of the molecule is CC(=O)SCC=Cc1ccc(C(=O)O)c(N)c1. The second-order valence-electron chi connectivity index (χ2n) is 3.36. The number of thioether (sulfide) groups is 1. The summed E-state index contributed by atoms with van der Waals surface area (Å²) in [4.78, 5) is 21.4. The lowest BCUT2D eigenvalue weighted by Crippen LogP contribution is -2.01. The van der Waals surface area contributed by atoms with Gasteiger partial charge in [0.25, 0.3) is 0 Å². The van der Waals surface area contributed by atoms with Gasteiger partial charge in [-0.05, 0) is 17.7 Å². The molecule has 0 heterocycles. The molecule has 0 saturated carbocycles. The predicted octanol–water partition coefficient (Wildman–Crippen LogP) is 2.26. The summed E-state index contributed by atoms with van der Waals surface area (Å²) < 4.78 is 0. The van der Waals surface area contributed by atoms with Crippen molar-refractivity contribution in [2.75, 3.05) is 11.5 Å². The molecule has 17 heavy (non-hydrogen) atoms. The van der Waals surface area contributed by atoms with E-state index in [9.17, 15) is 9.59 Å². The van der Waals surface area contributed by atoms with Gasteiger partial charge in [-0.1, -0.05) is 30.0 Å². The lowest BCUT2D eigenvalue weighted by molar-refractivity contribution is -0.109. The number of nitrogen functional groups attached to an aromatic ring is 1. The Morgan fingerprint density at radius 2 is 2.18 bits per heavy atom. The van der Waals surface area contributed by atoms with Gasteiger partial charge in [0.1, 0.15) is 0 Å². The third-order valence-electron chi connectivity index (χ3n) is 2.00. The second-order valence-corrected chi connectivity index (χ2v) is 4.55. The summed E-state index contributed by atoms with van der Waals surface area (Å²) in [5.41, 5.74) is 6.75. The van der Waals surface area contributed by atoms with E-state index in [4.69, 9.17) is 10.8 Å². The van der Waals surface area contributed by atoms with Crippen LogP contribution in [0.4, 0.5) is 5.69 Å². The Bertz CT molecular complexity index is 469. The normalized spacial score (nSPS) is 10.6. The summed E-state index contributed by atoms with van der Waals surface area (Å²) in [6.45, 7) is 1.51. The lowest BCUT2D eigenvalue weighted by atomic mass is 10.1. The summed E-state index contributed by atoms with van der Waals surface area (Å²) >= 11 is 1.21. The Balaban J connectivity index is 2.70. The largest absolute Gasteiger partial charge is 0.478 e. The van der Waals surface area contributed by atoms with Gasteiger partial charge < -0.3 is 10.8 Å². The number of carbonyl (C=O) groups excluding carboxylic acids is 1. The molecule has 0 aliphatic carbocycles. The fourth-order valence-corrected chi connectivity index (χ4v) is 1.66. The summed E-state index contributed by atoms with van der Waals surface area (Å²) in [6, 6.07) is 4.74. The van der Waals surface area contributed by atoms with Crippen LogP contribution in [0, 0.1) is 0 Å². The van der Waals surface area contributed by atoms with Crippen LogP contribution in [-0.4, -0.2) is 21.9 Å². The van der Waals surface area contributed by atoms with Crippen LogP contribution in [0.15, 0.2) is 24.3 Å². The molecule has 90 valence electrons. The zero-order valence-corrected chi connectivity index (χ0v) is 10.2. The first-order valence-electron chi connectivity index (χ1n) is 4.93. The first kappa shape index (κ1) is 13.3. The van der Waals surface area contributed by atoms with Crippen LogP contribution in [0.25, 0.3) is 6.08 Å². The van der Waals surface area contributed by atoms with Crippen LogP contribution in [0.2, 0.25) is 0 Å². The molecule has 0 aliphatic heterocycles. The molecular weight excluding hydrogens is 238 g/mol. The molecule has 3 N–H and O–H groups in total. The fourth-order valence-electron chi connectivity index (χ4n) is 1.23. The van der Waals surface area contributed by atoms with Crippen LogP contribution in [0.5, 0.6) is 0 Å². The Morgan fingerprint density at radius 1 is 1.47 bits per heavy atom. The monoisotopic (exact) mass is 251 g/mol. The molecule has 0 saturated heterocycles. The van der Waals surface area contributed by atoms with Gasteiger partial charge in [-0.15, -0.1) is 0 Å². The van der Waals surface area contributed by atoms with Crippen molar-refractivity contribution in [3.63, 3.8) is 0 Å². The van der Waals surface area contributed by atoms with Crippen molar-refractivity contribution in [1.82, 2.24) is 0 Å². The average Bonchev–Trinajstić information content (AvgIpc) is 2.23. The molecule has 0 spiro atoms. The van der Waals surface area contributed by atoms with Crippen molar-refractivity contribution in [1.29, 1.82) is 0 Å². The molecule has 0 fully saturated rings. The van der Waals surface area contributed by atoms with E-state index in [0.29, 0.717) is 5.75 Å². The van der Waals surface area contributed by atoms with E-state index in [1.54, 1.807) is 18.2 Å². The molecule has 0 radical (unpaired) electrons. The topological polar surface area (TPSA) is 80.4 Å². The van der Waals surface area contributed by atoms with E-state index in [2.05, 4.69) is 0 Å². The molecule has 0 bridgehead atoms. The fraction of sp³-hybridized carbons (Fsp3) is 0.167. The van der Waals surface area contributed by atoms with Crippen molar-refractivity contribution >= 4 is 34.6 Å². The number of rotatable bonds is 4. The minimum absolute atomic E-state index is 0.0652. The third kappa shape index (κ3) is 4.32. The van der Waals surface area contributed by atoms with Crippen LogP contribution in [0.1, 0.15) is 22.8 Å². The lowest BCUT2D eigenvalue weighted by Gasteiger charge is -2.01. The second kappa shape index (κ2) is 6.10. The van der Waals surface area contributed by atoms with E-state index in [1.165, 1.54) is 24.8 Å². The number of aromatic carboxylic acids is 1. The molecule has 0 unspecified atom stereocenters. The standard InChI is InChI=1S/C12H13NO3S/c1-8(14)17-6-2-3-9-4-5-10(12(15)16)11(13)7-9/h2-5,7H,6,13H2,1H3,(H,15,16). The number of anilines is 1. The van der Waals surface area contributed by atoms with E-state index in [1.807, 2.05) is 6.08 Å². The molecule has 1 rings (SSSR count). The van der Waals surface area contributed by atoms with Gasteiger partial charge in [0, 0.05) is 18.4 Å². The van der Waals surface area contributed by atoms with Crippen molar-refractivity contribution in [3.8, 4) is 0 Å². The van der Waals surface area contributed by atoms with Crippen molar-refractivity contribution in [2.45, 2.75) is 6.92 Å². The highest BCUT2D eigenvalue weighted by molar-refractivity contribution is 8.13. The third-order valence-corrected chi connectivity index (χ3v) is 2.76. The molecule has 1 aromatic carbocycles. The highest BCUT2D eigenvalue weighted by Gasteiger charge is 2.06. The molecular formula is C12H13NO3S. The maximum atomic E-state index is 10.7. The van der Waals surface area contributed by atoms with Gasteiger partial charge in [0.15, 0.2) is 5.12 Å². The number of hydrogen-bond donors (Lipinski definition) is 2. The number of hydrogen-bond acceptors (Lipinski definition) is 4. The predicted molar refractivity (Wildman–Crippen MR) is 70.0 cm³/mol. The zero-order chi connectivity index (χ0) is 12.8. The summed E-state index contributed by atoms with van der Waals surface area (Å²) in [6.07, 6.45) is 3.64. The summed E-state index contributed by atoms with van der Waals surface area (Å²) in [7, 11) is 0. The highest BCUT2D eigenvalue weighted by Crippen LogP contribution is 2.15. The van der Waals surface area contributed by atoms with Gasteiger partial charge in [0.2, 0.25) is 0 Å².